The molecule has 9 heteroatoms. The molecule has 1 aromatic heterocycles. The van der Waals surface area contributed by atoms with Crippen molar-refractivity contribution in [1.29, 1.82) is 0 Å². The van der Waals surface area contributed by atoms with Gasteiger partial charge >= 0.3 is 23.7 Å². The summed E-state index contributed by atoms with van der Waals surface area (Å²) in [6.07, 6.45) is -5.07. The summed E-state index contributed by atoms with van der Waals surface area (Å²) < 4.78 is 41.1. The summed E-state index contributed by atoms with van der Waals surface area (Å²) in [7, 11) is 0. The van der Waals surface area contributed by atoms with E-state index in [9.17, 15) is 27.6 Å². The van der Waals surface area contributed by atoms with Crippen molar-refractivity contribution in [2.75, 3.05) is 5.32 Å². The average molecular weight is 301 g/mol. The molecule has 0 bridgehead atoms. The summed E-state index contributed by atoms with van der Waals surface area (Å²) >= 11 is 0. The maximum Gasteiger partial charge on any atom is 0.471 e. The van der Waals surface area contributed by atoms with Gasteiger partial charge < -0.3 is 14.8 Å². The number of amides is 1. The van der Waals surface area contributed by atoms with Crippen molar-refractivity contribution >= 4 is 28.5 Å². The molecule has 0 aliphatic heterocycles. The number of carbonyl (C=O) groups is 2. The van der Waals surface area contributed by atoms with Crippen LogP contribution in [0.2, 0.25) is 0 Å². The minimum absolute atomic E-state index is 0.0205. The molecule has 110 valence electrons. The van der Waals surface area contributed by atoms with Crippen LogP contribution in [0, 0.1) is 0 Å². The summed E-state index contributed by atoms with van der Waals surface area (Å²) in [5.41, 5.74) is -1.86. The van der Waals surface area contributed by atoms with Crippen molar-refractivity contribution in [2.45, 2.75) is 6.18 Å². The lowest BCUT2D eigenvalue weighted by atomic mass is 10.1. The summed E-state index contributed by atoms with van der Waals surface area (Å²) in [5.74, 6) is -3.58. The number of nitrogens with one attached hydrogen (secondary N) is 1. The molecule has 0 aliphatic rings. The third kappa shape index (κ3) is 3.02. The topological polar surface area (TPSA) is 96.6 Å². The van der Waals surface area contributed by atoms with Crippen LogP contribution in [0.1, 0.15) is 10.4 Å². The smallest absolute Gasteiger partial charge is 0.471 e. The van der Waals surface area contributed by atoms with Gasteiger partial charge in [0.15, 0.2) is 0 Å². The fourth-order valence-electron chi connectivity index (χ4n) is 1.62. The van der Waals surface area contributed by atoms with Crippen LogP contribution in [-0.2, 0) is 4.79 Å². The van der Waals surface area contributed by atoms with Gasteiger partial charge in [-0.15, -0.1) is 0 Å². The highest BCUT2D eigenvalue weighted by molar-refractivity contribution is 6.03. The van der Waals surface area contributed by atoms with Gasteiger partial charge in [0.05, 0.1) is 5.56 Å². The first-order valence-electron chi connectivity index (χ1n) is 5.38. The number of anilines is 1. The second-order valence-electron chi connectivity index (χ2n) is 3.95. The standard InChI is InChI=1S/C12H6F3NO5/c13-12(14,15)11(20)16-5-1-2-6-7(10(18)19)4-9(17)21-8(6)3-5/h1-4H,(H,16,20)(H,18,19). The molecule has 0 aliphatic carbocycles. The first kappa shape index (κ1) is 14.6. The minimum Gasteiger partial charge on any atom is -0.478 e. The van der Waals surface area contributed by atoms with Crippen LogP contribution in [0.4, 0.5) is 18.9 Å². The number of carboxylic acids is 1. The van der Waals surface area contributed by atoms with Gasteiger partial charge in [-0.25, -0.2) is 9.59 Å². The van der Waals surface area contributed by atoms with Crippen molar-refractivity contribution in [1.82, 2.24) is 0 Å². The predicted molar refractivity (Wildman–Crippen MR) is 64.1 cm³/mol. The van der Waals surface area contributed by atoms with Gasteiger partial charge in [0.25, 0.3) is 0 Å². The van der Waals surface area contributed by atoms with Crippen LogP contribution >= 0.6 is 0 Å². The molecule has 0 fully saturated rings. The molecule has 6 nitrogen and oxygen atoms in total. The lowest BCUT2D eigenvalue weighted by molar-refractivity contribution is -0.167. The zero-order valence-corrected chi connectivity index (χ0v) is 10.0. The molecule has 0 saturated carbocycles. The highest BCUT2D eigenvalue weighted by Crippen LogP contribution is 2.23. The summed E-state index contributed by atoms with van der Waals surface area (Å²) in [6, 6.07) is 3.89. The van der Waals surface area contributed by atoms with Crippen molar-refractivity contribution < 1.29 is 32.3 Å². The zero-order valence-electron chi connectivity index (χ0n) is 10.0. The van der Waals surface area contributed by atoms with Crippen molar-refractivity contribution in [3.05, 3.63) is 40.2 Å². The van der Waals surface area contributed by atoms with E-state index in [1.165, 1.54) is 0 Å². The van der Waals surface area contributed by atoms with Gasteiger partial charge in [-0.2, -0.15) is 13.2 Å². The normalized spacial score (nSPS) is 11.4. The molecular formula is C12H6F3NO5. The second kappa shape index (κ2) is 4.93. The molecule has 0 saturated heterocycles. The first-order chi connectivity index (χ1) is 9.68. The van der Waals surface area contributed by atoms with E-state index >= 15 is 0 Å². The van der Waals surface area contributed by atoms with E-state index in [-0.39, 0.29) is 22.2 Å². The SMILES string of the molecule is O=C(O)c1cc(=O)oc2cc(NC(=O)C(F)(F)F)ccc12. The molecule has 0 atom stereocenters. The van der Waals surface area contributed by atoms with Crippen LogP contribution in [0.3, 0.4) is 0 Å². The van der Waals surface area contributed by atoms with E-state index in [0.717, 1.165) is 24.3 Å². The Morgan fingerprint density at radius 2 is 1.86 bits per heavy atom. The summed E-state index contributed by atoms with van der Waals surface area (Å²) in [6.45, 7) is 0. The van der Waals surface area contributed by atoms with Crippen LogP contribution in [-0.4, -0.2) is 23.2 Å². The third-order valence-corrected chi connectivity index (χ3v) is 2.49. The number of halogens is 3. The monoisotopic (exact) mass is 301 g/mol. The molecule has 2 aromatic rings. The van der Waals surface area contributed by atoms with Crippen LogP contribution in [0.25, 0.3) is 11.0 Å². The Labute approximate surface area is 113 Å². The van der Waals surface area contributed by atoms with E-state index < -0.39 is 23.7 Å². The molecule has 2 N–H and O–H groups in total. The maximum atomic E-state index is 12.1. The zero-order chi connectivity index (χ0) is 15.8. The van der Waals surface area contributed by atoms with Gasteiger partial charge in [0.2, 0.25) is 0 Å². The molecule has 21 heavy (non-hydrogen) atoms. The number of fused-ring (bicyclic) bond motifs is 1. The molecule has 0 spiro atoms. The predicted octanol–water partition coefficient (Wildman–Crippen LogP) is 1.99. The lowest BCUT2D eigenvalue weighted by Crippen LogP contribution is -2.29. The molecule has 1 heterocycles. The maximum absolute atomic E-state index is 12.1. The molecule has 0 radical (unpaired) electrons. The third-order valence-electron chi connectivity index (χ3n) is 2.49. The Balaban J connectivity index is 2.50. The number of benzene rings is 1. The number of rotatable bonds is 2. The largest absolute Gasteiger partial charge is 0.478 e. The van der Waals surface area contributed by atoms with Gasteiger partial charge in [-0.3, -0.25) is 4.79 Å². The number of carbonyl (C=O) groups excluding carboxylic acids is 1. The number of carboxylic acid groups (broad SMARTS) is 1. The van der Waals surface area contributed by atoms with E-state index in [2.05, 4.69) is 0 Å². The Hall–Kier alpha value is -2.84. The molecule has 1 amide bonds. The van der Waals surface area contributed by atoms with E-state index in [4.69, 9.17) is 9.52 Å². The van der Waals surface area contributed by atoms with E-state index in [0.29, 0.717) is 0 Å². The Bertz CT molecular complexity index is 794. The lowest BCUT2D eigenvalue weighted by Gasteiger charge is -2.08. The highest BCUT2D eigenvalue weighted by Gasteiger charge is 2.38. The average Bonchev–Trinajstić information content (AvgIpc) is 2.35. The fraction of sp³-hybridized carbons (Fsp3) is 0.0833. The molecule has 0 unspecified atom stereocenters. The van der Waals surface area contributed by atoms with Crippen LogP contribution in [0.15, 0.2) is 33.5 Å². The van der Waals surface area contributed by atoms with Crippen molar-refractivity contribution in [2.24, 2.45) is 0 Å². The van der Waals surface area contributed by atoms with Crippen LogP contribution in [0.5, 0.6) is 0 Å². The van der Waals surface area contributed by atoms with Gasteiger partial charge in [0, 0.05) is 23.2 Å². The van der Waals surface area contributed by atoms with Gasteiger partial charge in [-0.1, -0.05) is 0 Å². The number of hydrogen-bond donors (Lipinski definition) is 2. The fourth-order valence-corrected chi connectivity index (χ4v) is 1.62. The number of aromatic carboxylic acids is 1. The summed E-state index contributed by atoms with van der Waals surface area (Å²) in [5, 5.41) is 10.5. The van der Waals surface area contributed by atoms with E-state index in [1.807, 2.05) is 0 Å². The Kier molecular flexibility index (Phi) is 3.42. The van der Waals surface area contributed by atoms with Gasteiger partial charge in [-0.05, 0) is 12.1 Å². The second-order valence-corrected chi connectivity index (χ2v) is 3.95. The molecule has 1 aromatic carbocycles. The molecular weight excluding hydrogens is 295 g/mol. The Morgan fingerprint density at radius 1 is 1.19 bits per heavy atom. The number of alkyl halides is 3. The van der Waals surface area contributed by atoms with Crippen molar-refractivity contribution in [3.8, 4) is 0 Å². The highest BCUT2D eigenvalue weighted by atomic mass is 19.4. The molecule has 2 rings (SSSR count). The minimum atomic E-state index is -5.07. The van der Waals surface area contributed by atoms with Gasteiger partial charge in [0.1, 0.15) is 5.58 Å². The number of hydrogen-bond acceptors (Lipinski definition) is 4. The van der Waals surface area contributed by atoms with Crippen LogP contribution < -0.4 is 10.9 Å². The Morgan fingerprint density at radius 3 is 2.43 bits per heavy atom. The summed E-state index contributed by atoms with van der Waals surface area (Å²) in [4.78, 5) is 33.0. The van der Waals surface area contributed by atoms with E-state index in [1.54, 1.807) is 5.32 Å². The quantitative estimate of drug-likeness (QED) is 0.827. The first-order valence-corrected chi connectivity index (χ1v) is 5.38. The van der Waals surface area contributed by atoms with Crippen molar-refractivity contribution in [3.63, 3.8) is 0 Å².